The molecular weight excluding hydrogens is 226 g/mol. The zero-order valence-electron chi connectivity index (χ0n) is 10.3. The summed E-state index contributed by atoms with van der Waals surface area (Å²) < 4.78 is 14.7. The summed E-state index contributed by atoms with van der Waals surface area (Å²) in [5.41, 5.74) is 0. The molecule has 1 heterocycles. The SMILES string of the molecule is COCCCC(=O)N1CCOCC1C(=O)OC. The van der Waals surface area contributed by atoms with E-state index in [-0.39, 0.29) is 12.5 Å². The number of nitrogens with zero attached hydrogens (tertiary/aromatic N) is 1. The van der Waals surface area contributed by atoms with Crippen molar-refractivity contribution in [3.05, 3.63) is 0 Å². The number of morpholine rings is 1. The Hall–Kier alpha value is -1.14. The minimum absolute atomic E-state index is 0.0549. The van der Waals surface area contributed by atoms with Gasteiger partial charge in [-0.3, -0.25) is 4.79 Å². The molecule has 17 heavy (non-hydrogen) atoms. The number of ether oxygens (including phenoxy) is 3. The number of esters is 1. The van der Waals surface area contributed by atoms with Crippen molar-refractivity contribution in [1.29, 1.82) is 0 Å². The van der Waals surface area contributed by atoms with Gasteiger partial charge in [-0.25, -0.2) is 4.79 Å². The highest BCUT2D eigenvalue weighted by atomic mass is 16.5. The van der Waals surface area contributed by atoms with E-state index in [4.69, 9.17) is 9.47 Å². The highest BCUT2D eigenvalue weighted by molar-refractivity contribution is 5.84. The zero-order chi connectivity index (χ0) is 12.7. The van der Waals surface area contributed by atoms with E-state index in [0.29, 0.717) is 32.6 Å². The van der Waals surface area contributed by atoms with E-state index >= 15 is 0 Å². The van der Waals surface area contributed by atoms with Crippen molar-refractivity contribution in [3.8, 4) is 0 Å². The maximum Gasteiger partial charge on any atom is 0.331 e. The molecular formula is C11H19NO5. The van der Waals surface area contributed by atoms with Crippen LogP contribution in [0.2, 0.25) is 0 Å². The van der Waals surface area contributed by atoms with E-state index in [9.17, 15) is 9.59 Å². The monoisotopic (exact) mass is 245 g/mol. The molecule has 0 aromatic rings. The van der Waals surface area contributed by atoms with Gasteiger partial charge in [0.05, 0.1) is 20.3 Å². The highest BCUT2D eigenvalue weighted by Crippen LogP contribution is 2.11. The van der Waals surface area contributed by atoms with Crippen LogP contribution in [0.5, 0.6) is 0 Å². The van der Waals surface area contributed by atoms with Crippen LogP contribution in [-0.2, 0) is 23.8 Å². The average molecular weight is 245 g/mol. The second-order valence-corrected chi connectivity index (χ2v) is 3.80. The third-order valence-electron chi connectivity index (χ3n) is 2.66. The van der Waals surface area contributed by atoms with Gasteiger partial charge in [-0.1, -0.05) is 0 Å². The van der Waals surface area contributed by atoms with Crippen molar-refractivity contribution in [2.75, 3.05) is 40.6 Å². The topological polar surface area (TPSA) is 65.1 Å². The molecule has 1 saturated heterocycles. The minimum Gasteiger partial charge on any atom is -0.467 e. The van der Waals surface area contributed by atoms with Crippen LogP contribution >= 0.6 is 0 Å². The first-order chi connectivity index (χ1) is 8.20. The third kappa shape index (κ3) is 3.98. The van der Waals surface area contributed by atoms with Crippen LogP contribution in [0.4, 0.5) is 0 Å². The van der Waals surface area contributed by atoms with Crippen molar-refractivity contribution in [3.63, 3.8) is 0 Å². The second-order valence-electron chi connectivity index (χ2n) is 3.80. The Morgan fingerprint density at radius 1 is 1.41 bits per heavy atom. The van der Waals surface area contributed by atoms with Crippen molar-refractivity contribution in [2.45, 2.75) is 18.9 Å². The predicted octanol–water partition coefficient (Wildman–Crippen LogP) is -0.187. The lowest BCUT2D eigenvalue weighted by molar-refractivity contribution is -0.160. The number of carbonyl (C=O) groups is 2. The summed E-state index contributed by atoms with van der Waals surface area (Å²) in [7, 11) is 2.90. The summed E-state index contributed by atoms with van der Waals surface area (Å²) in [6.45, 7) is 1.65. The molecule has 0 bridgehead atoms. The van der Waals surface area contributed by atoms with Crippen molar-refractivity contribution < 1.29 is 23.8 Å². The van der Waals surface area contributed by atoms with Gasteiger partial charge < -0.3 is 19.1 Å². The van der Waals surface area contributed by atoms with Gasteiger partial charge in [-0.2, -0.15) is 0 Å². The van der Waals surface area contributed by atoms with Crippen LogP contribution in [0.3, 0.4) is 0 Å². The van der Waals surface area contributed by atoms with Crippen LogP contribution in [0.1, 0.15) is 12.8 Å². The van der Waals surface area contributed by atoms with Crippen LogP contribution in [0, 0.1) is 0 Å². The smallest absolute Gasteiger partial charge is 0.331 e. The summed E-state index contributed by atoms with van der Waals surface area (Å²) in [6.07, 6.45) is 1.03. The lowest BCUT2D eigenvalue weighted by Crippen LogP contribution is -2.53. The lowest BCUT2D eigenvalue weighted by Gasteiger charge is -2.33. The quantitative estimate of drug-likeness (QED) is 0.496. The first-order valence-corrected chi connectivity index (χ1v) is 5.64. The molecule has 0 saturated carbocycles. The molecule has 0 aromatic heterocycles. The number of methoxy groups -OCH3 is 2. The number of carbonyl (C=O) groups excluding carboxylic acids is 2. The van der Waals surface area contributed by atoms with Gasteiger partial charge in [-0.15, -0.1) is 0 Å². The van der Waals surface area contributed by atoms with Gasteiger partial charge >= 0.3 is 5.97 Å². The van der Waals surface area contributed by atoms with E-state index < -0.39 is 12.0 Å². The first kappa shape index (κ1) is 13.9. The van der Waals surface area contributed by atoms with Crippen LogP contribution in [0.15, 0.2) is 0 Å². The predicted molar refractivity (Wildman–Crippen MR) is 59.4 cm³/mol. The van der Waals surface area contributed by atoms with Crippen LogP contribution < -0.4 is 0 Å². The Morgan fingerprint density at radius 2 is 2.18 bits per heavy atom. The number of hydrogen-bond acceptors (Lipinski definition) is 5. The van der Waals surface area contributed by atoms with Gasteiger partial charge in [-0.05, 0) is 6.42 Å². The van der Waals surface area contributed by atoms with Gasteiger partial charge in [0, 0.05) is 26.7 Å². The fourth-order valence-corrected chi connectivity index (χ4v) is 1.74. The highest BCUT2D eigenvalue weighted by Gasteiger charge is 2.33. The van der Waals surface area contributed by atoms with Crippen molar-refractivity contribution >= 4 is 11.9 Å². The summed E-state index contributed by atoms with van der Waals surface area (Å²) >= 11 is 0. The molecule has 0 N–H and O–H groups in total. The molecule has 0 aromatic carbocycles. The molecule has 1 fully saturated rings. The van der Waals surface area contributed by atoms with Crippen LogP contribution in [0.25, 0.3) is 0 Å². The Kier molecular flexibility index (Phi) is 5.93. The molecule has 1 atom stereocenters. The Morgan fingerprint density at radius 3 is 2.82 bits per heavy atom. The minimum atomic E-state index is -0.608. The molecule has 1 unspecified atom stereocenters. The number of hydrogen-bond donors (Lipinski definition) is 0. The summed E-state index contributed by atoms with van der Waals surface area (Å²) in [6, 6.07) is -0.608. The molecule has 1 rings (SSSR count). The largest absolute Gasteiger partial charge is 0.467 e. The summed E-state index contributed by atoms with van der Waals surface area (Å²) in [5.74, 6) is -0.481. The van der Waals surface area contributed by atoms with E-state index in [1.165, 1.54) is 12.0 Å². The third-order valence-corrected chi connectivity index (χ3v) is 2.66. The van der Waals surface area contributed by atoms with Gasteiger partial charge in [0.25, 0.3) is 0 Å². The standard InChI is InChI=1S/C11H19NO5/c1-15-6-3-4-10(13)12-5-7-17-8-9(12)11(14)16-2/h9H,3-8H2,1-2H3. The molecule has 6 heteroatoms. The molecule has 1 aliphatic rings. The van der Waals surface area contributed by atoms with E-state index in [1.54, 1.807) is 7.11 Å². The van der Waals surface area contributed by atoms with Crippen LogP contribution in [-0.4, -0.2) is 63.4 Å². The fraction of sp³-hybridized carbons (Fsp3) is 0.818. The molecule has 0 aliphatic carbocycles. The zero-order valence-corrected chi connectivity index (χ0v) is 10.3. The molecule has 98 valence electrons. The van der Waals surface area contributed by atoms with Gasteiger partial charge in [0.2, 0.25) is 5.91 Å². The van der Waals surface area contributed by atoms with Crippen molar-refractivity contribution in [1.82, 2.24) is 4.90 Å². The van der Waals surface area contributed by atoms with Gasteiger partial charge in [0.15, 0.2) is 6.04 Å². The maximum atomic E-state index is 11.9. The van der Waals surface area contributed by atoms with E-state index in [2.05, 4.69) is 4.74 Å². The molecule has 0 radical (unpaired) electrons. The Balaban J connectivity index is 2.52. The molecule has 1 amide bonds. The van der Waals surface area contributed by atoms with E-state index in [0.717, 1.165) is 0 Å². The second kappa shape index (κ2) is 7.24. The Labute approximate surface area is 101 Å². The lowest BCUT2D eigenvalue weighted by atomic mass is 10.2. The molecule has 1 aliphatic heterocycles. The summed E-state index contributed by atoms with van der Waals surface area (Å²) in [4.78, 5) is 24.9. The number of rotatable bonds is 5. The van der Waals surface area contributed by atoms with Crippen molar-refractivity contribution in [2.24, 2.45) is 0 Å². The average Bonchev–Trinajstić information content (AvgIpc) is 2.38. The number of amides is 1. The maximum absolute atomic E-state index is 11.9. The van der Waals surface area contributed by atoms with E-state index in [1.807, 2.05) is 0 Å². The summed E-state index contributed by atoms with van der Waals surface area (Å²) in [5, 5.41) is 0. The molecule has 0 spiro atoms. The van der Waals surface area contributed by atoms with Gasteiger partial charge in [0.1, 0.15) is 0 Å². The first-order valence-electron chi connectivity index (χ1n) is 5.64. The normalized spacial score (nSPS) is 20.1. The molecule has 6 nitrogen and oxygen atoms in total. The Bertz CT molecular complexity index is 269. The fourth-order valence-electron chi connectivity index (χ4n) is 1.74.